The van der Waals surface area contributed by atoms with Gasteiger partial charge >= 0.3 is 15.6 Å². The first-order valence-electron chi connectivity index (χ1n) is 6.30. The number of hydrogen-bond acceptors (Lipinski definition) is 11. The molecule has 1 unspecified atom stereocenters. The molecule has 0 aliphatic rings. The molecule has 0 aromatic heterocycles. The van der Waals surface area contributed by atoms with Crippen LogP contribution in [0.3, 0.4) is 0 Å². The third-order valence-electron chi connectivity index (χ3n) is 2.40. The highest BCUT2D eigenvalue weighted by molar-refractivity contribution is 7.47. The van der Waals surface area contributed by atoms with Gasteiger partial charge in [-0.05, 0) is 0 Å². The number of ketones is 2. The Bertz CT molecular complexity index is 542. The molecular formula is C9H18O14P2. The average Bonchev–Trinajstić information content (AvgIpc) is 2.53. The number of aliphatic hydroxyl groups is 4. The molecule has 0 rings (SSSR count). The van der Waals surface area contributed by atoms with Gasteiger partial charge < -0.3 is 35.1 Å². The fourth-order valence-electron chi connectivity index (χ4n) is 1.14. The maximum atomic E-state index is 11.5. The molecule has 0 bridgehead atoms. The van der Waals surface area contributed by atoms with Crippen molar-refractivity contribution in [3.63, 3.8) is 0 Å². The number of phosphoric ester groups is 2. The van der Waals surface area contributed by atoms with E-state index in [0.29, 0.717) is 0 Å². The molecule has 0 aliphatic heterocycles. The lowest BCUT2D eigenvalue weighted by molar-refractivity contribution is -0.142. The molecule has 0 aromatic carbocycles. The number of phosphoric acid groups is 2. The largest absolute Gasteiger partial charge is 0.473 e. The van der Waals surface area contributed by atoms with E-state index >= 15 is 0 Å². The minimum Gasteiger partial charge on any atom is -0.388 e. The van der Waals surface area contributed by atoms with Gasteiger partial charge in [0.15, 0.2) is 11.6 Å². The third kappa shape index (κ3) is 10.9. The molecule has 7 N–H and O–H groups in total. The van der Waals surface area contributed by atoms with Crippen LogP contribution in [0.4, 0.5) is 0 Å². The summed E-state index contributed by atoms with van der Waals surface area (Å²) >= 11 is 0. The lowest BCUT2D eigenvalue weighted by Crippen LogP contribution is -2.45. The number of hydrogen-bond donors (Lipinski definition) is 7. The van der Waals surface area contributed by atoms with Crippen LogP contribution in [-0.4, -0.2) is 91.4 Å². The van der Waals surface area contributed by atoms with Crippen molar-refractivity contribution < 1.29 is 67.4 Å². The van der Waals surface area contributed by atoms with Crippen LogP contribution in [-0.2, 0) is 32.3 Å². The van der Waals surface area contributed by atoms with Gasteiger partial charge in [-0.2, -0.15) is 0 Å². The Morgan fingerprint density at radius 3 is 1.92 bits per heavy atom. The van der Waals surface area contributed by atoms with Gasteiger partial charge in [-0.3, -0.25) is 23.2 Å². The van der Waals surface area contributed by atoms with E-state index in [1.165, 1.54) is 0 Å². The third-order valence-corrected chi connectivity index (χ3v) is 3.79. The Morgan fingerprint density at radius 1 is 0.920 bits per heavy atom. The Labute approximate surface area is 140 Å². The predicted octanol–water partition coefficient (Wildman–Crippen LogP) is -3.56. The summed E-state index contributed by atoms with van der Waals surface area (Å²) < 4.78 is 33.9. The van der Waals surface area contributed by atoms with Crippen molar-refractivity contribution in [1.29, 1.82) is 0 Å². The molecule has 0 radical (unpaired) electrons. The zero-order valence-electron chi connectivity index (χ0n) is 12.4. The number of carbonyl (C=O) groups is 2. The molecule has 25 heavy (non-hydrogen) atoms. The lowest BCUT2D eigenvalue weighted by atomic mass is 10.1. The van der Waals surface area contributed by atoms with Crippen LogP contribution in [0, 0.1) is 0 Å². The van der Waals surface area contributed by atoms with Crippen molar-refractivity contribution in [2.45, 2.75) is 18.3 Å². The summed E-state index contributed by atoms with van der Waals surface area (Å²) in [6, 6.07) is 0. The van der Waals surface area contributed by atoms with Crippen LogP contribution in [0.25, 0.3) is 0 Å². The van der Waals surface area contributed by atoms with Gasteiger partial charge in [-0.15, -0.1) is 0 Å². The van der Waals surface area contributed by atoms with E-state index in [9.17, 15) is 34.0 Å². The highest BCUT2D eigenvalue weighted by Crippen LogP contribution is 2.43. The van der Waals surface area contributed by atoms with Gasteiger partial charge in [0, 0.05) is 0 Å². The van der Waals surface area contributed by atoms with Crippen LogP contribution in [0.15, 0.2) is 0 Å². The minimum absolute atomic E-state index is 0.951. The van der Waals surface area contributed by atoms with Crippen LogP contribution in [0.1, 0.15) is 0 Å². The summed E-state index contributed by atoms with van der Waals surface area (Å²) in [5, 5.41) is 36.6. The molecule has 16 heteroatoms. The van der Waals surface area contributed by atoms with Crippen molar-refractivity contribution in [3.8, 4) is 0 Å². The second kappa shape index (κ2) is 10.5. The van der Waals surface area contributed by atoms with E-state index in [0.717, 1.165) is 0 Å². The Hall–Kier alpha value is -0.600. The molecule has 4 atom stereocenters. The van der Waals surface area contributed by atoms with E-state index in [-0.39, 0.29) is 0 Å². The molecule has 148 valence electrons. The SMILES string of the molecule is O=C(CO)COP(=O)(O)OCC(=O)[C@@H](O)[C@H](O)[C@H](O)COP(=O)(O)O. The van der Waals surface area contributed by atoms with Crippen molar-refractivity contribution in [1.82, 2.24) is 0 Å². The zero-order chi connectivity index (χ0) is 19.8. The van der Waals surface area contributed by atoms with Crippen LogP contribution in [0.5, 0.6) is 0 Å². The highest BCUT2D eigenvalue weighted by atomic mass is 31.2. The van der Waals surface area contributed by atoms with Gasteiger partial charge in [-0.1, -0.05) is 0 Å². The van der Waals surface area contributed by atoms with E-state index in [2.05, 4.69) is 13.6 Å². The molecule has 0 spiro atoms. The quantitative estimate of drug-likeness (QED) is 0.145. The summed E-state index contributed by atoms with van der Waals surface area (Å²) in [6.07, 6.45) is -6.68. The molecule has 0 fully saturated rings. The summed E-state index contributed by atoms with van der Waals surface area (Å²) in [5.41, 5.74) is 0. The number of aliphatic hydroxyl groups excluding tert-OH is 4. The second-order valence-corrected chi connectivity index (χ2v) is 7.16. The van der Waals surface area contributed by atoms with Crippen LogP contribution in [0.2, 0.25) is 0 Å². The summed E-state index contributed by atoms with van der Waals surface area (Å²) in [5.74, 6) is -2.35. The minimum atomic E-state index is -4.96. The molecule has 0 aromatic rings. The molecule has 0 saturated heterocycles. The van der Waals surface area contributed by atoms with E-state index in [1.54, 1.807) is 0 Å². The zero-order valence-corrected chi connectivity index (χ0v) is 14.2. The van der Waals surface area contributed by atoms with E-state index < -0.39 is 72.0 Å². The van der Waals surface area contributed by atoms with Gasteiger partial charge in [0.05, 0.1) is 6.61 Å². The van der Waals surface area contributed by atoms with Crippen molar-refractivity contribution >= 4 is 27.2 Å². The van der Waals surface area contributed by atoms with Crippen LogP contribution >= 0.6 is 15.6 Å². The van der Waals surface area contributed by atoms with Gasteiger partial charge in [0.25, 0.3) is 0 Å². The molecular weight excluding hydrogens is 394 g/mol. The van der Waals surface area contributed by atoms with Crippen molar-refractivity contribution in [2.24, 2.45) is 0 Å². The van der Waals surface area contributed by atoms with Gasteiger partial charge in [0.1, 0.15) is 38.1 Å². The van der Waals surface area contributed by atoms with E-state index in [4.69, 9.17) is 19.8 Å². The molecule has 0 heterocycles. The molecule has 0 amide bonds. The standard InChI is InChI=1S/C9H18O14P2/c10-1-5(11)2-22-25(19,20)23-4-7(13)9(15)8(14)6(12)3-21-24(16,17)18/h6,8-10,12,14-15H,1-4H2,(H,19,20)(H2,16,17,18)/t6-,8-,9-/m1/s1. The van der Waals surface area contributed by atoms with Crippen molar-refractivity contribution in [2.75, 3.05) is 26.4 Å². The number of rotatable bonds is 13. The number of carbonyl (C=O) groups excluding carboxylic acids is 2. The smallest absolute Gasteiger partial charge is 0.388 e. The van der Waals surface area contributed by atoms with Crippen LogP contribution < -0.4 is 0 Å². The van der Waals surface area contributed by atoms with E-state index in [1.807, 2.05) is 0 Å². The average molecular weight is 412 g/mol. The fraction of sp³-hybridized carbons (Fsp3) is 0.778. The lowest BCUT2D eigenvalue weighted by Gasteiger charge is -2.22. The summed E-state index contributed by atoms with van der Waals surface area (Å²) in [7, 11) is -9.84. The Kier molecular flexibility index (Phi) is 10.3. The predicted molar refractivity (Wildman–Crippen MR) is 74.8 cm³/mol. The number of Topliss-reactive ketones (excluding diaryl/α,β-unsaturated/α-hetero) is 2. The Balaban J connectivity index is 4.46. The fourth-order valence-corrected chi connectivity index (χ4v) is 2.16. The topological polar surface area (TPSA) is 238 Å². The molecule has 0 aliphatic carbocycles. The maximum absolute atomic E-state index is 11.5. The first-order valence-corrected chi connectivity index (χ1v) is 9.33. The molecule has 14 nitrogen and oxygen atoms in total. The van der Waals surface area contributed by atoms with Gasteiger partial charge in [-0.25, -0.2) is 9.13 Å². The molecule has 0 saturated carbocycles. The second-order valence-electron chi connectivity index (χ2n) is 4.47. The Morgan fingerprint density at radius 2 is 1.44 bits per heavy atom. The first kappa shape index (κ1) is 24.4. The maximum Gasteiger partial charge on any atom is 0.473 e. The first-order chi connectivity index (χ1) is 11.3. The summed E-state index contributed by atoms with van der Waals surface area (Å²) in [4.78, 5) is 48.2. The normalized spacial score (nSPS) is 18.2. The van der Waals surface area contributed by atoms with Crippen molar-refractivity contribution in [3.05, 3.63) is 0 Å². The van der Waals surface area contributed by atoms with Gasteiger partial charge in [0.2, 0.25) is 0 Å². The summed E-state index contributed by atoms with van der Waals surface area (Å²) in [6.45, 7) is -4.34. The highest BCUT2D eigenvalue weighted by Gasteiger charge is 2.33. The monoisotopic (exact) mass is 412 g/mol.